The molecule has 0 aliphatic carbocycles. The van der Waals surface area contributed by atoms with Crippen molar-refractivity contribution in [1.82, 2.24) is 15.1 Å². The summed E-state index contributed by atoms with van der Waals surface area (Å²) in [6.07, 6.45) is -3.00. The molecule has 0 saturated carbocycles. The SMILES string of the molecule is CCCNC(c1cnn(C)c1)C(F)(F)C(F)(F)F. The van der Waals surface area contributed by atoms with Crippen molar-refractivity contribution in [2.45, 2.75) is 31.5 Å². The highest BCUT2D eigenvalue weighted by Gasteiger charge is 2.62. The minimum absolute atomic E-state index is 0.0607. The Hall–Kier alpha value is -1.18. The molecule has 1 heterocycles. The van der Waals surface area contributed by atoms with Crippen molar-refractivity contribution in [2.24, 2.45) is 7.05 Å². The monoisotopic (exact) mass is 271 g/mol. The fraction of sp³-hybridized carbons (Fsp3) is 0.700. The van der Waals surface area contributed by atoms with Crippen molar-refractivity contribution in [2.75, 3.05) is 6.54 Å². The molecule has 0 amide bonds. The normalized spacial score (nSPS) is 14.8. The summed E-state index contributed by atoms with van der Waals surface area (Å²) in [5.41, 5.74) is -0.187. The van der Waals surface area contributed by atoms with Gasteiger partial charge in [0.25, 0.3) is 0 Å². The maximum atomic E-state index is 13.4. The van der Waals surface area contributed by atoms with Crippen molar-refractivity contribution in [3.05, 3.63) is 18.0 Å². The molecule has 0 bridgehead atoms. The first-order valence-corrected chi connectivity index (χ1v) is 5.36. The smallest absolute Gasteiger partial charge is 0.305 e. The molecule has 1 unspecified atom stereocenters. The van der Waals surface area contributed by atoms with Crippen LogP contribution in [0.4, 0.5) is 22.0 Å². The molecule has 1 rings (SSSR count). The molecule has 0 aliphatic rings. The van der Waals surface area contributed by atoms with Crippen LogP contribution in [0.15, 0.2) is 12.4 Å². The predicted octanol–water partition coefficient (Wildman–Crippen LogP) is 2.66. The first-order valence-electron chi connectivity index (χ1n) is 5.36. The quantitative estimate of drug-likeness (QED) is 0.834. The lowest BCUT2D eigenvalue weighted by atomic mass is 10.0. The second-order valence-corrected chi connectivity index (χ2v) is 3.96. The minimum Gasteiger partial charge on any atom is -0.305 e. The average Bonchev–Trinajstić information content (AvgIpc) is 2.63. The highest BCUT2D eigenvalue weighted by molar-refractivity contribution is 5.15. The number of nitrogens with zero attached hydrogens (tertiary/aromatic N) is 2. The lowest BCUT2D eigenvalue weighted by Crippen LogP contribution is -2.48. The summed E-state index contributed by atoms with van der Waals surface area (Å²) in [6, 6.07) is -2.12. The number of hydrogen-bond donors (Lipinski definition) is 1. The fourth-order valence-corrected chi connectivity index (χ4v) is 1.50. The third-order valence-electron chi connectivity index (χ3n) is 2.40. The summed E-state index contributed by atoms with van der Waals surface area (Å²) < 4.78 is 65.1. The molecule has 0 radical (unpaired) electrons. The summed E-state index contributed by atoms with van der Waals surface area (Å²) >= 11 is 0. The van der Waals surface area contributed by atoms with Gasteiger partial charge in [0.05, 0.1) is 6.20 Å². The molecule has 18 heavy (non-hydrogen) atoms. The Bertz CT molecular complexity index is 385. The molecule has 8 heteroatoms. The van der Waals surface area contributed by atoms with E-state index in [1.807, 2.05) is 0 Å². The number of halogens is 5. The van der Waals surface area contributed by atoms with Gasteiger partial charge in [-0.25, -0.2) is 0 Å². The van der Waals surface area contributed by atoms with Crippen LogP contribution in [0.1, 0.15) is 24.9 Å². The third kappa shape index (κ3) is 2.98. The lowest BCUT2D eigenvalue weighted by molar-refractivity contribution is -0.294. The molecule has 1 aromatic heterocycles. The molecule has 1 aromatic rings. The Kier molecular flexibility index (Phi) is 4.31. The van der Waals surface area contributed by atoms with Gasteiger partial charge in [0.15, 0.2) is 0 Å². The number of rotatable bonds is 5. The van der Waals surface area contributed by atoms with Gasteiger partial charge in [-0.2, -0.15) is 27.1 Å². The summed E-state index contributed by atoms with van der Waals surface area (Å²) in [7, 11) is 1.45. The van der Waals surface area contributed by atoms with Crippen molar-refractivity contribution < 1.29 is 22.0 Å². The Morgan fingerprint density at radius 3 is 2.33 bits per heavy atom. The second-order valence-electron chi connectivity index (χ2n) is 3.96. The largest absolute Gasteiger partial charge is 0.455 e. The van der Waals surface area contributed by atoms with E-state index in [1.54, 1.807) is 6.92 Å². The first kappa shape index (κ1) is 14.9. The van der Waals surface area contributed by atoms with E-state index >= 15 is 0 Å². The number of alkyl halides is 5. The average molecular weight is 271 g/mol. The van der Waals surface area contributed by atoms with Gasteiger partial charge in [0, 0.05) is 18.8 Å². The van der Waals surface area contributed by atoms with E-state index in [1.165, 1.54) is 11.7 Å². The maximum absolute atomic E-state index is 13.4. The molecule has 104 valence electrons. The Morgan fingerprint density at radius 2 is 1.94 bits per heavy atom. The van der Waals surface area contributed by atoms with Crippen LogP contribution in [0.25, 0.3) is 0 Å². The van der Waals surface area contributed by atoms with E-state index in [-0.39, 0.29) is 12.1 Å². The van der Waals surface area contributed by atoms with Crippen LogP contribution in [-0.2, 0) is 7.05 Å². The molecule has 0 aliphatic heterocycles. The van der Waals surface area contributed by atoms with Crippen molar-refractivity contribution >= 4 is 0 Å². The van der Waals surface area contributed by atoms with Crippen molar-refractivity contribution in [3.8, 4) is 0 Å². The van der Waals surface area contributed by atoms with Gasteiger partial charge in [0.2, 0.25) is 0 Å². The molecule has 0 aromatic carbocycles. The van der Waals surface area contributed by atoms with Crippen LogP contribution in [0, 0.1) is 0 Å². The standard InChI is InChI=1S/C10H14F5N3/c1-3-4-16-8(7-5-17-18(2)6-7)9(11,12)10(13,14)15/h5-6,8,16H,3-4H2,1-2H3. The van der Waals surface area contributed by atoms with Gasteiger partial charge in [-0.05, 0) is 13.0 Å². The summed E-state index contributed by atoms with van der Waals surface area (Å²) in [6.45, 7) is 1.74. The van der Waals surface area contributed by atoms with Crippen LogP contribution < -0.4 is 5.32 Å². The summed E-state index contributed by atoms with van der Waals surface area (Å²) in [5.74, 6) is -4.84. The Labute approximate surface area is 101 Å². The van der Waals surface area contributed by atoms with Gasteiger partial charge >= 0.3 is 12.1 Å². The number of hydrogen-bond acceptors (Lipinski definition) is 2. The number of aryl methyl sites for hydroxylation is 1. The molecule has 3 nitrogen and oxygen atoms in total. The maximum Gasteiger partial charge on any atom is 0.455 e. The van der Waals surface area contributed by atoms with Crippen molar-refractivity contribution in [1.29, 1.82) is 0 Å². The second kappa shape index (κ2) is 5.21. The number of aromatic nitrogens is 2. The van der Waals surface area contributed by atoms with Crippen molar-refractivity contribution in [3.63, 3.8) is 0 Å². The molecule has 1 N–H and O–H groups in total. The van der Waals surface area contributed by atoms with Gasteiger partial charge in [0.1, 0.15) is 6.04 Å². The van der Waals surface area contributed by atoms with Crippen LogP contribution in [-0.4, -0.2) is 28.4 Å². The molecule has 0 saturated heterocycles. The minimum atomic E-state index is -5.60. The van der Waals surface area contributed by atoms with Gasteiger partial charge < -0.3 is 5.32 Å². The molecular formula is C10H14F5N3. The highest BCUT2D eigenvalue weighted by atomic mass is 19.4. The topological polar surface area (TPSA) is 29.9 Å². The highest BCUT2D eigenvalue weighted by Crippen LogP contribution is 2.44. The van der Waals surface area contributed by atoms with E-state index in [2.05, 4.69) is 10.4 Å². The molecule has 0 fully saturated rings. The van der Waals surface area contributed by atoms with E-state index in [0.717, 1.165) is 12.4 Å². The molecule has 1 atom stereocenters. The van der Waals surface area contributed by atoms with E-state index in [4.69, 9.17) is 0 Å². The van der Waals surface area contributed by atoms with Crippen LogP contribution >= 0.6 is 0 Å². The fourth-order valence-electron chi connectivity index (χ4n) is 1.50. The zero-order chi connectivity index (χ0) is 14.0. The van der Waals surface area contributed by atoms with Crippen LogP contribution in [0.2, 0.25) is 0 Å². The van der Waals surface area contributed by atoms with E-state index in [0.29, 0.717) is 6.42 Å². The van der Waals surface area contributed by atoms with Crippen LogP contribution in [0.3, 0.4) is 0 Å². The number of nitrogens with one attached hydrogen (secondary N) is 1. The molecular weight excluding hydrogens is 257 g/mol. The van der Waals surface area contributed by atoms with Crippen LogP contribution in [0.5, 0.6) is 0 Å². The third-order valence-corrected chi connectivity index (χ3v) is 2.40. The zero-order valence-electron chi connectivity index (χ0n) is 9.93. The summed E-state index contributed by atoms with van der Waals surface area (Å²) in [4.78, 5) is 0. The van der Waals surface area contributed by atoms with Gasteiger partial charge in [-0.1, -0.05) is 6.92 Å². The zero-order valence-corrected chi connectivity index (χ0v) is 9.93. The molecule has 0 spiro atoms. The Balaban J connectivity index is 3.05. The van der Waals surface area contributed by atoms with E-state index < -0.39 is 18.1 Å². The van der Waals surface area contributed by atoms with E-state index in [9.17, 15) is 22.0 Å². The first-order chi connectivity index (χ1) is 8.20. The lowest BCUT2D eigenvalue weighted by Gasteiger charge is -2.28. The predicted molar refractivity (Wildman–Crippen MR) is 55.2 cm³/mol. The Morgan fingerprint density at radius 1 is 1.33 bits per heavy atom. The summed E-state index contributed by atoms with van der Waals surface area (Å²) in [5, 5.41) is 5.84. The van der Waals surface area contributed by atoms with Gasteiger partial charge in [-0.3, -0.25) is 4.68 Å². The van der Waals surface area contributed by atoms with Gasteiger partial charge in [-0.15, -0.1) is 0 Å².